The summed E-state index contributed by atoms with van der Waals surface area (Å²) in [6.07, 6.45) is -6.15. The molecule has 1 fully saturated rings. The van der Waals surface area contributed by atoms with Crippen molar-refractivity contribution in [2.45, 2.75) is 37.9 Å². The molecule has 0 aromatic rings. The molecule has 0 aliphatic carbocycles. The minimum Gasteiger partial charge on any atom is -0.356 e. The third-order valence-corrected chi connectivity index (χ3v) is 3.25. The van der Waals surface area contributed by atoms with Crippen molar-refractivity contribution in [3.8, 4) is 0 Å². The van der Waals surface area contributed by atoms with E-state index in [0.29, 0.717) is 31.9 Å². The van der Waals surface area contributed by atoms with E-state index in [4.69, 9.17) is 0 Å². The van der Waals surface area contributed by atoms with Crippen LogP contribution in [0.25, 0.3) is 0 Å². The second kappa shape index (κ2) is 8.35. The zero-order valence-corrected chi connectivity index (χ0v) is 11.9. The first-order valence-electron chi connectivity index (χ1n) is 6.84. The fourth-order valence-electron chi connectivity index (χ4n) is 2.17. The lowest BCUT2D eigenvalue weighted by molar-refractivity contribution is -0.132. The van der Waals surface area contributed by atoms with Gasteiger partial charge in [0.25, 0.3) is 6.43 Å². The van der Waals surface area contributed by atoms with Crippen molar-refractivity contribution in [3.05, 3.63) is 0 Å². The van der Waals surface area contributed by atoms with Gasteiger partial charge in [-0.15, -0.1) is 0 Å². The van der Waals surface area contributed by atoms with Crippen LogP contribution in [0.15, 0.2) is 4.99 Å². The van der Waals surface area contributed by atoms with Gasteiger partial charge in [-0.3, -0.25) is 9.89 Å². The molecule has 0 saturated carbocycles. The summed E-state index contributed by atoms with van der Waals surface area (Å²) in [5.74, 6) is 0.312. The van der Waals surface area contributed by atoms with Crippen LogP contribution >= 0.6 is 0 Å². The summed E-state index contributed by atoms with van der Waals surface area (Å²) in [5.41, 5.74) is 0. The van der Waals surface area contributed by atoms with Crippen LogP contribution < -0.4 is 10.6 Å². The Kier molecular flexibility index (Phi) is 7.13. The molecule has 0 atom stereocenters. The van der Waals surface area contributed by atoms with Crippen LogP contribution in [0.3, 0.4) is 0 Å². The van der Waals surface area contributed by atoms with E-state index in [1.807, 2.05) is 0 Å². The summed E-state index contributed by atoms with van der Waals surface area (Å²) in [6.45, 7) is 0.613. The average Bonchev–Trinajstić information content (AvgIpc) is 2.37. The van der Waals surface area contributed by atoms with Gasteiger partial charge in [-0.05, 0) is 12.8 Å². The van der Waals surface area contributed by atoms with Gasteiger partial charge in [0.1, 0.15) is 0 Å². The van der Waals surface area contributed by atoms with Crippen molar-refractivity contribution in [3.63, 3.8) is 0 Å². The molecular formula is C12H21F5N4. The highest BCUT2D eigenvalue weighted by molar-refractivity contribution is 5.79. The van der Waals surface area contributed by atoms with Crippen molar-refractivity contribution >= 4 is 5.96 Å². The number of nitrogens with one attached hydrogen (secondary N) is 2. The van der Waals surface area contributed by atoms with Crippen molar-refractivity contribution in [1.82, 2.24) is 15.5 Å². The third-order valence-electron chi connectivity index (χ3n) is 3.25. The van der Waals surface area contributed by atoms with E-state index in [9.17, 15) is 22.0 Å². The average molecular weight is 316 g/mol. The van der Waals surface area contributed by atoms with Gasteiger partial charge in [0.05, 0.1) is 13.0 Å². The lowest BCUT2D eigenvalue weighted by atomic mass is 10.1. The molecule has 4 nitrogen and oxygen atoms in total. The molecule has 0 aromatic heterocycles. The first kappa shape index (κ1) is 17.9. The lowest BCUT2D eigenvalue weighted by Crippen LogP contribution is -2.49. The molecule has 0 bridgehead atoms. The number of likely N-dealkylation sites (tertiary alicyclic amines) is 1. The van der Waals surface area contributed by atoms with Gasteiger partial charge in [-0.1, -0.05) is 0 Å². The molecule has 1 aliphatic rings. The Labute approximate surface area is 120 Å². The van der Waals surface area contributed by atoms with Gasteiger partial charge in [0.15, 0.2) is 5.96 Å². The Hall–Kier alpha value is -1.12. The Morgan fingerprint density at radius 3 is 2.38 bits per heavy atom. The van der Waals surface area contributed by atoms with Crippen LogP contribution in [-0.4, -0.2) is 62.7 Å². The van der Waals surface area contributed by atoms with Crippen LogP contribution in [0.5, 0.6) is 0 Å². The van der Waals surface area contributed by atoms with E-state index in [-0.39, 0.29) is 19.1 Å². The van der Waals surface area contributed by atoms with Crippen LogP contribution in [0.2, 0.25) is 0 Å². The van der Waals surface area contributed by atoms with Crippen LogP contribution in [-0.2, 0) is 0 Å². The Morgan fingerprint density at radius 1 is 1.29 bits per heavy atom. The molecule has 21 heavy (non-hydrogen) atoms. The summed E-state index contributed by atoms with van der Waals surface area (Å²) >= 11 is 0. The molecule has 2 N–H and O–H groups in total. The quantitative estimate of drug-likeness (QED) is 0.462. The number of hydrogen-bond acceptors (Lipinski definition) is 2. The number of aliphatic imine (C=N–C) groups is 1. The van der Waals surface area contributed by atoms with E-state index >= 15 is 0 Å². The lowest BCUT2D eigenvalue weighted by Gasteiger charge is -2.32. The molecule has 1 heterocycles. The highest BCUT2D eigenvalue weighted by Crippen LogP contribution is 2.18. The maximum atomic E-state index is 12.2. The second-order valence-corrected chi connectivity index (χ2v) is 4.97. The van der Waals surface area contributed by atoms with Gasteiger partial charge in [0, 0.05) is 32.7 Å². The topological polar surface area (TPSA) is 39.7 Å². The number of piperidine rings is 1. The van der Waals surface area contributed by atoms with Gasteiger partial charge in [-0.2, -0.15) is 13.2 Å². The predicted molar refractivity (Wildman–Crippen MR) is 70.6 cm³/mol. The fraction of sp³-hybridized carbons (Fsp3) is 0.917. The first-order chi connectivity index (χ1) is 9.80. The third kappa shape index (κ3) is 8.03. The zero-order chi connectivity index (χ0) is 15.9. The molecule has 0 amide bonds. The Bertz CT molecular complexity index is 324. The van der Waals surface area contributed by atoms with E-state index in [2.05, 4.69) is 15.6 Å². The number of halogens is 5. The predicted octanol–water partition coefficient (Wildman–Crippen LogP) is 1.83. The number of hydrogen-bond donors (Lipinski definition) is 2. The summed E-state index contributed by atoms with van der Waals surface area (Å²) < 4.78 is 60.6. The van der Waals surface area contributed by atoms with Crippen LogP contribution in [0.4, 0.5) is 22.0 Å². The standard InChI is InChI=1S/C12H21F5N4/c1-18-11(19-5-4-12(15,16)17)20-9-2-6-21(7-3-9)8-10(13)14/h9-10H,2-8H2,1H3,(H2,18,19,20). The van der Waals surface area contributed by atoms with Gasteiger partial charge >= 0.3 is 6.18 Å². The molecule has 0 unspecified atom stereocenters. The van der Waals surface area contributed by atoms with Gasteiger partial charge < -0.3 is 10.6 Å². The molecule has 0 aromatic carbocycles. The fourth-order valence-corrected chi connectivity index (χ4v) is 2.17. The molecule has 1 aliphatic heterocycles. The number of rotatable bonds is 5. The normalized spacial score (nSPS) is 19.1. The molecule has 124 valence electrons. The van der Waals surface area contributed by atoms with E-state index in [1.165, 1.54) is 7.05 Å². The van der Waals surface area contributed by atoms with E-state index in [0.717, 1.165) is 0 Å². The SMILES string of the molecule is CN=C(NCCC(F)(F)F)NC1CCN(CC(F)F)CC1. The van der Waals surface area contributed by atoms with Crippen molar-refractivity contribution in [2.75, 3.05) is 33.2 Å². The maximum absolute atomic E-state index is 12.2. The summed E-state index contributed by atoms with van der Waals surface area (Å²) in [7, 11) is 1.48. The highest BCUT2D eigenvalue weighted by Gasteiger charge is 2.27. The summed E-state index contributed by atoms with van der Waals surface area (Å²) in [5, 5.41) is 5.63. The molecule has 1 saturated heterocycles. The first-order valence-corrected chi connectivity index (χ1v) is 6.84. The summed E-state index contributed by atoms with van der Waals surface area (Å²) in [6, 6.07) is 0.0380. The molecular weight excluding hydrogens is 295 g/mol. The van der Waals surface area contributed by atoms with Crippen LogP contribution in [0.1, 0.15) is 19.3 Å². The maximum Gasteiger partial charge on any atom is 0.390 e. The minimum absolute atomic E-state index is 0.0380. The van der Waals surface area contributed by atoms with Gasteiger partial charge in [-0.25, -0.2) is 8.78 Å². The number of alkyl halides is 5. The molecule has 9 heteroatoms. The van der Waals surface area contributed by atoms with Crippen molar-refractivity contribution in [2.24, 2.45) is 4.99 Å². The smallest absolute Gasteiger partial charge is 0.356 e. The van der Waals surface area contributed by atoms with E-state index < -0.39 is 19.0 Å². The molecule has 1 rings (SSSR count). The van der Waals surface area contributed by atoms with Crippen LogP contribution in [0, 0.1) is 0 Å². The minimum atomic E-state index is -4.20. The molecule has 0 spiro atoms. The van der Waals surface area contributed by atoms with E-state index in [1.54, 1.807) is 4.90 Å². The largest absolute Gasteiger partial charge is 0.390 e. The number of nitrogens with zero attached hydrogens (tertiary/aromatic N) is 2. The molecule has 0 radical (unpaired) electrons. The zero-order valence-electron chi connectivity index (χ0n) is 11.9. The Morgan fingerprint density at radius 2 is 1.90 bits per heavy atom. The van der Waals surface area contributed by atoms with Crippen molar-refractivity contribution in [1.29, 1.82) is 0 Å². The van der Waals surface area contributed by atoms with Crippen molar-refractivity contribution < 1.29 is 22.0 Å². The second-order valence-electron chi connectivity index (χ2n) is 4.97. The van der Waals surface area contributed by atoms with Gasteiger partial charge in [0.2, 0.25) is 0 Å². The Balaban J connectivity index is 2.26. The number of guanidine groups is 1. The monoisotopic (exact) mass is 316 g/mol. The highest BCUT2D eigenvalue weighted by atomic mass is 19.4. The summed E-state index contributed by atoms with van der Waals surface area (Å²) in [4.78, 5) is 5.55.